The number of carbonyl (C=O) groups is 2. The van der Waals surface area contributed by atoms with Crippen molar-refractivity contribution in [2.45, 2.75) is 34.2 Å². The highest BCUT2D eigenvalue weighted by Crippen LogP contribution is 2.13. The molecular weight excluding hydrogens is 240 g/mol. The molecule has 2 amide bonds. The number of carbonyl (C=O) groups excluding carboxylic acids is 2. The molecule has 0 fully saturated rings. The van der Waals surface area contributed by atoms with Gasteiger partial charge in [-0.15, -0.1) is 0 Å². The van der Waals surface area contributed by atoms with E-state index in [1.54, 1.807) is 12.1 Å². The van der Waals surface area contributed by atoms with Gasteiger partial charge in [0.25, 0.3) is 5.91 Å². The summed E-state index contributed by atoms with van der Waals surface area (Å²) in [6.45, 7) is 8.60. The number of amides is 2. The summed E-state index contributed by atoms with van der Waals surface area (Å²) in [6.07, 6.45) is 0. The molecule has 0 aliphatic carbocycles. The first-order valence-electron chi connectivity index (χ1n) is 6.50. The minimum Gasteiger partial charge on any atom is -0.352 e. The van der Waals surface area contributed by atoms with Crippen LogP contribution >= 0.6 is 0 Å². The Bertz CT molecular complexity index is 444. The minimum absolute atomic E-state index is 0.0142. The van der Waals surface area contributed by atoms with Gasteiger partial charge in [0.1, 0.15) is 0 Å². The zero-order valence-corrected chi connectivity index (χ0v) is 12.0. The minimum atomic E-state index is -0.388. The van der Waals surface area contributed by atoms with Gasteiger partial charge in [-0.3, -0.25) is 9.59 Å². The van der Waals surface area contributed by atoms with Gasteiger partial charge in [0.15, 0.2) is 0 Å². The second-order valence-electron chi connectivity index (χ2n) is 5.49. The van der Waals surface area contributed by atoms with Crippen LogP contribution in [-0.4, -0.2) is 18.4 Å². The highest BCUT2D eigenvalue weighted by atomic mass is 16.2. The van der Waals surface area contributed by atoms with Crippen molar-refractivity contribution in [1.29, 1.82) is 0 Å². The lowest BCUT2D eigenvalue weighted by atomic mass is 9.95. The normalized spacial score (nSPS) is 10.9. The van der Waals surface area contributed by atoms with E-state index in [2.05, 4.69) is 10.6 Å². The van der Waals surface area contributed by atoms with Crippen LogP contribution in [-0.2, 0) is 11.3 Å². The molecular formula is C15H22N2O2. The summed E-state index contributed by atoms with van der Waals surface area (Å²) in [7, 11) is 0. The van der Waals surface area contributed by atoms with Crippen molar-refractivity contribution in [3.63, 3.8) is 0 Å². The molecule has 1 rings (SSSR count). The van der Waals surface area contributed by atoms with Crippen LogP contribution in [0.3, 0.4) is 0 Å². The topological polar surface area (TPSA) is 58.2 Å². The van der Waals surface area contributed by atoms with E-state index in [1.807, 2.05) is 39.8 Å². The Morgan fingerprint density at radius 3 is 2.11 bits per heavy atom. The molecule has 104 valence electrons. The first-order chi connectivity index (χ1) is 8.84. The Morgan fingerprint density at radius 2 is 1.63 bits per heavy atom. The second kappa shape index (κ2) is 6.36. The summed E-state index contributed by atoms with van der Waals surface area (Å²) in [5, 5.41) is 5.62. The van der Waals surface area contributed by atoms with Gasteiger partial charge in [0, 0.05) is 24.1 Å². The zero-order valence-electron chi connectivity index (χ0n) is 12.0. The lowest BCUT2D eigenvalue weighted by Crippen LogP contribution is -2.34. The Kier molecular flexibility index (Phi) is 5.10. The van der Waals surface area contributed by atoms with Gasteiger partial charge < -0.3 is 10.6 Å². The maximum atomic E-state index is 11.7. The standard InChI is InChI=1S/C15H22N2O2/c1-5-16-13(18)12-8-6-11(7-9-12)10-17-14(19)15(2,3)4/h6-9H,5,10H2,1-4H3,(H,16,18)(H,17,19). The van der Waals surface area contributed by atoms with Crippen LogP contribution in [0, 0.1) is 5.41 Å². The van der Waals surface area contributed by atoms with Crippen molar-refractivity contribution < 1.29 is 9.59 Å². The highest BCUT2D eigenvalue weighted by molar-refractivity contribution is 5.94. The van der Waals surface area contributed by atoms with Gasteiger partial charge in [0.05, 0.1) is 0 Å². The molecule has 0 bridgehead atoms. The van der Waals surface area contributed by atoms with Crippen molar-refractivity contribution in [3.8, 4) is 0 Å². The van der Waals surface area contributed by atoms with Gasteiger partial charge in [-0.2, -0.15) is 0 Å². The quantitative estimate of drug-likeness (QED) is 0.873. The van der Waals surface area contributed by atoms with E-state index >= 15 is 0 Å². The van der Waals surface area contributed by atoms with E-state index < -0.39 is 0 Å². The molecule has 0 saturated heterocycles. The monoisotopic (exact) mass is 262 g/mol. The third-order valence-corrected chi connectivity index (χ3v) is 2.69. The fourth-order valence-corrected chi connectivity index (χ4v) is 1.48. The smallest absolute Gasteiger partial charge is 0.251 e. The van der Waals surface area contributed by atoms with Gasteiger partial charge in [0.2, 0.25) is 5.91 Å². The van der Waals surface area contributed by atoms with E-state index in [4.69, 9.17) is 0 Å². The fraction of sp³-hybridized carbons (Fsp3) is 0.467. The SMILES string of the molecule is CCNC(=O)c1ccc(CNC(=O)C(C)(C)C)cc1. The predicted molar refractivity (Wildman–Crippen MR) is 75.8 cm³/mol. The molecule has 0 unspecified atom stereocenters. The Balaban J connectivity index is 2.58. The molecule has 0 heterocycles. The molecule has 4 heteroatoms. The van der Waals surface area contributed by atoms with Crippen molar-refractivity contribution >= 4 is 11.8 Å². The van der Waals surface area contributed by atoms with E-state index in [9.17, 15) is 9.59 Å². The van der Waals surface area contributed by atoms with E-state index in [0.717, 1.165) is 5.56 Å². The first kappa shape index (κ1) is 15.2. The summed E-state index contributed by atoms with van der Waals surface area (Å²) in [6, 6.07) is 7.24. The molecule has 1 aromatic rings. The molecule has 4 nitrogen and oxygen atoms in total. The highest BCUT2D eigenvalue weighted by Gasteiger charge is 2.20. The average molecular weight is 262 g/mol. The van der Waals surface area contributed by atoms with Crippen LogP contribution in [0.4, 0.5) is 0 Å². The molecule has 0 saturated carbocycles. The van der Waals surface area contributed by atoms with Crippen LogP contribution in [0.2, 0.25) is 0 Å². The number of benzene rings is 1. The lowest BCUT2D eigenvalue weighted by molar-refractivity contribution is -0.128. The second-order valence-corrected chi connectivity index (χ2v) is 5.49. The van der Waals surface area contributed by atoms with Gasteiger partial charge in [-0.1, -0.05) is 32.9 Å². The van der Waals surface area contributed by atoms with Crippen LogP contribution < -0.4 is 10.6 Å². The van der Waals surface area contributed by atoms with Crippen molar-refractivity contribution in [3.05, 3.63) is 35.4 Å². The molecule has 1 aromatic carbocycles. The average Bonchev–Trinajstić information content (AvgIpc) is 2.35. The molecule has 0 aromatic heterocycles. The number of hydrogen-bond acceptors (Lipinski definition) is 2. The molecule has 0 aliphatic rings. The van der Waals surface area contributed by atoms with Crippen LogP contribution in [0.1, 0.15) is 43.6 Å². The molecule has 0 aliphatic heterocycles. The third-order valence-electron chi connectivity index (χ3n) is 2.69. The molecule has 0 atom stereocenters. The van der Waals surface area contributed by atoms with Crippen LogP contribution in [0.5, 0.6) is 0 Å². The summed E-state index contributed by atoms with van der Waals surface area (Å²) in [4.78, 5) is 23.3. The number of nitrogens with one attached hydrogen (secondary N) is 2. The zero-order chi connectivity index (χ0) is 14.5. The molecule has 0 radical (unpaired) electrons. The molecule has 2 N–H and O–H groups in total. The third kappa shape index (κ3) is 4.73. The van der Waals surface area contributed by atoms with Crippen molar-refractivity contribution in [2.75, 3.05) is 6.54 Å². The van der Waals surface area contributed by atoms with Crippen molar-refractivity contribution in [1.82, 2.24) is 10.6 Å². The summed E-state index contributed by atoms with van der Waals surface area (Å²) in [5.74, 6) is -0.0620. The van der Waals surface area contributed by atoms with E-state index in [1.165, 1.54) is 0 Å². The maximum Gasteiger partial charge on any atom is 0.251 e. The first-order valence-corrected chi connectivity index (χ1v) is 6.50. The fourth-order valence-electron chi connectivity index (χ4n) is 1.48. The largest absolute Gasteiger partial charge is 0.352 e. The Morgan fingerprint density at radius 1 is 1.05 bits per heavy atom. The lowest BCUT2D eigenvalue weighted by Gasteiger charge is -2.17. The van der Waals surface area contributed by atoms with E-state index in [-0.39, 0.29) is 17.2 Å². The Labute approximate surface area is 114 Å². The van der Waals surface area contributed by atoms with Gasteiger partial charge in [-0.05, 0) is 24.6 Å². The predicted octanol–water partition coefficient (Wildman–Crippen LogP) is 2.10. The summed E-state index contributed by atoms with van der Waals surface area (Å²) in [5.41, 5.74) is 1.22. The molecule has 0 spiro atoms. The van der Waals surface area contributed by atoms with Gasteiger partial charge >= 0.3 is 0 Å². The molecule has 19 heavy (non-hydrogen) atoms. The van der Waals surface area contributed by atoms with E-state index in [0.29, 0.717) is 18.7 Å². The number of hydrogen-bond donors (Lipinski definition) is 2. The maximum absolute atomic E-state index is 11.7. The Hall–Kier alpha value is -1.84. The summed E-state index contributed by atoms with van der Waals surface area (Å²) >= 11 is 0. The van der Waals surface area contributed by atoms with Crippen molar-refractivity contribution in [2.24, 2.45) is 5.41 Å². The van der Waals surface area contributed by atoms with Crippen LogP contribution in [0.15, 0.2) is 24.3 Å². The number of rotatable bonds is 4. The summed E-state index contributed by atoms with van der Waals surface area (Å²) < 4.78 is 0. The van der Waals surface area contributed by atoms with Gasteiger partial charge in [-0.25, -0.2) is 0 Å². The van der Waals surface area contributed by atoms with Crippen LogP contribution in [0.25, 0.3) is 0 Å².